The Labute approximate surface area is 119 Å². The van der Waals surface area contributed by atoms with Crippen LogP contribution in [-0.4, -0.2) is 17.0 Å². The second-order valence-corrected chi connectivity index (χ2v) is 6.95. The summed E-state index contributed by atoms with van der Waals surface area (Å²) >= 11 is 7.95. The minimum atomic E-state index is 0.262. The van der Waals surface area contributed by atoms with E-state index in [-0.39, 0.29) is 6.04 Å². The Hall–Kier alpha value is -0.180. The van der Waals surface area contributed by atoms with Crippen LogP contribution in [0.1, 0.15) is 37.7 Å². The average molecular weight is 284 g/mol. The zero-order chi connectivity index (χ0) is 12.8. The van der Waals surface area contributed by atoms with E-state index in [4.69, 9.17) is 17.3 Å². The van der Waals surface area contributed by atoms with Crippen molar-refractivity contribution in [1.29, 1.82) is 0 Å². The van der Waals surface area contributed by atoms with Gasteiger partial charge in [-0.05, 0) is 37.0 Å². The fourth-order valence-electron chi connectivity index (χ4n) is 2.47. The van der Waals surface area contributed by atoms with Crippen molar-refractivity contribution in [2.45, 2.75) is 49.8 Å². The van der Waals surface area contributed by atoms with Crippen molar-refractivity contribution in [3.05, 3.63) is 34.9 Å². The van der Waals surface area contributed by atoms with E-state index in [1.54, 1.807) is 0 Å². The van der Waals surface area contributed by atoms with Crippen molar-refractivity contribution in [3.8, 4) is 0 Å². The summed E-state index contributed by atoms with van der Waals surface area (Å²) in [4.78, 5) is 0. The van der Waals surface area contributed by atoms with Gasteiger partial charge >= 0.3 is 0 Å². The molecule has 2 rings (SSSR count). The summed E-state index contributed by atoms with van der Waals surface area (Å²) in [5, 5.41) is 1.65. The van der Waals surface area contributed by atoms with Gasteiger partial charge in [0.2, 0.25) is 0 Å². The summed E-state index contributed by atoms with van der Waals surface area (Å²) in [6, 6.07) is 8.30. The molecule has 1 aliphatic carbocycles. The van der Waals surface area contributed by atoms with Crippen molar-refractivity contribution in [2.75, 3.05) is 5.75 Å². The largest absolute Gasteiger partial charge is 0.327 e. The van der Waals surface area contributed by atoms with Crippen LogP contribution in [0.25, 0.3) is 0 Å². The lowest BCUT2D eigenvalue weighted by Gasteiger charge is -2.22. The molecule has 0 aliphatic heterocycles. The SMILES string of the molecule is NC(CSC1CCCCC1)Cc1ccc(Cl)cc1. The first kappa shape index (κ1) is 14.2. The van der Waals surface area contributed by atoms with Crippen LogP contribution in [0.5, 0.6) is 0 Å². The second kappa shape index (κ2) is 7.42. The average Bonchev–Trinajstić information content (AvgIpc) is 2.40. The lowest BCUT2D eigenvalue weighted by Crippen LogP contribution is -2.27. The summed E-state index contributed by atoms with van der Waals surface area (Å²) in [5.74, 6) is 1.08. The van der Waals surface area contributed by atoms with Gasteiger partial charge in [0.25, 0.3) is 0 Å². The molecular weight excluding hydrogens is 262 g/mol. The number of rotatable bonds is 5. The Morgan fingerprint density at radius 3 is 2.50 bits per heavy atom. The molecule has 2 N–H and O–H groups in total. The van der Waals surface area contributed by atoms with E-state index in [0.29, 0.717) is 0 Å². The first-order valence-electron chi connectivity index (χ1n) is 6.85. The molecule has 1 nitrogen and oxygen atoms in total. The monoisotopic (exact) mass is 283 g/mol. The molecule has 0 aromatic heterocycles. The van der Waals surface area contributed by atoms with Crippen molar-refractivity contribution >= 4 is 23.4 Å². The number of hydrogen-bond donors (Lipinski definition) is 1. The minimum Gasteiger partial charge on any atom is -0.327 e. The fraction of sp³-hybridized carbons (Fsp3) is 0.600. The normalized spacial score (nSPS) is 18.8. The lowest BCUT2D eigenvalue weighted by atomic mass is 10.0. The van der Waals surface area contributed by atoms with Crippen LogP contribution in [0.2, 0.25) is 5.02 Å². The zero-order valence-electron chi connectivity index (χ0n) is 10.8. The van der Waals surface area contributed by atoms with Gasteiger partial charge in [-0.1, -0.05) is 43.0 Å². The Balaban J connectivity index is 1.71. The molecule has 3 heteroatoms. The highest BCUT2D eigenvalue weighted by atomic mass is 35.5. The van der Waals surface area contributed by atoms with Crippen LogP contribution in [0, 0.1) is 0 Å². The maximum Gasteiger partial charge on any atom is 0.0406 e. The van der Waals surface area contributed by atoms with E-state index in [0.717, 1.165) is 22.4 Å². The van der Waals surface area contributed by atoms with Crippen molar-refractivity contribution < 1.29 is 0 Å². The third-order valence-electron chi connectivity index (χ3n) is 3.51. The maximum absolute atomic E-state index is 6.21. The van der Waals surface area contributed by atoms with Crippen LogP contribution < -0.4 is 5.73 Å². The van der Waals surface area contributed by atoms with E-state index < -0.39 is 0 Å². The molecule has 0 amide bonds. The molecule has 1 fully saturated rings. The van der Waals surface area contributed by atoms with Crippen LogP contribution in [-0.2, 0) is 6.42 Å². The Kier molecular flexibility index (Phi) is 5.87. The van der Waals surface area contributed by atoms with Crippen LogP contribution in [0.4, 0.5) is 0 Å². The molecule has 100 valence electrons. The lowest BCUT2D eigenvalue weighted by molar-refractivity contribution is 0.515. The van der Waals surface area contributed by atoms with Crippen LogP contribution >= 0.6 is 23.4 Å². The van der Waals surface area contributed by atoms with E-state index in [2.05, 4.69) is 23.9 Å². The molecule has 18 heavy (non-hydrogen) atoms. The Bertz CT molecular complexity index is 346. The first-order chi connectivity index (χ1) is 8.74. The van der Waals surface area contributed by atoms with Gasteiger partial charge in [0.1, 0.15) is 0 Å². The quantitative estimate of drug-likeness (QED) is 0.873. The molecule has 0 radical (unpaired) electrons. The smallest absolute Gasteiger partial charge is 0.0406 e. The van der Waals surface area contributed by atoms with E-state index in [1.165, 1.54) is 37.7 Å². The van der Waals surface area contributed by atoms with Crippen LogP contribution in [0.15, 0.2) is 24.3 Å². The standard InChI is InChI=1S/C15H22ClNS/c16-13-8-6-12(7-9-13)10-14(17)11-18-15-4-2-1-3-5-15/h6-9,14-15H,1-5,10-11,17H2. The van der Waals surface area contributed by atoms with Crippen LogP contribution in [0.3, 0.4) is 0 Å². The topological polar surface area (TPSA) is 26.0 Å². The summed E-state index contributed by atoms with van der Waals surface area (Å²) < 4.78 is 0. The Morgan fingerprint density at radius 1 is 1.17 bits per heavy atom. The third-order valence-corrected chi connectivity index (χ3v) is 5.32. The van der Waals surface area contributed by atoms with Gasteiger partial charge in [-0.2, -0.15) is 11.8 Å². The second-order valence-electron chi connectivity index (χ2n) is 5.18. The van der Waals surface area contributed by atoms with Crippen molar-refractivity contribution in [3.63, 3.8) is 0 Å². The molecule has 0 saturated heterocycles. The fourth-order valence-corrected chi connectivity index (χ4v) is 3.90. The molecule has 0 spiro atoms. The number of thioether (sulfide) groups is 1. The summed E-state index contributed by atoms with van der Waals surface area (Å²) in [5.41, 5.74) is 7.50. The molecule has 0 heterocycles. The molecule has 1 aliphatic rings. The highest BCUT2D eigenvalue weighted by molar-refractivity contribution is 7.99. The van der Waals surface area contributed by atoms with Gasteiger partial charge in [-0.3, -0.25) is 0 Å². The highest BCUT2D eigenvalue weighted by Gasteiger charge is 2.15. The zero-order valence-corrected chi connectivity index (χ0v) is 12.3. The molecule has 1 atom stereocenters. The number of halogens is 1. The predicted molar refractivity (Wildman–Crippen MR) is 82.5 cm³/mol. The van der Waals surface area contributed by atoms with Gasteiger partial charge in [-0.15, -0.1) is 0 Å². The number of hydrogen-bond acceptors (Lipinski definition) is 2. The maximum atomic E-state index is 6.21. The summed E-state index contributed by atoms with van der Waals surface area (Å²) in [6.07, 6.45) is 7.97. The predicted octanol–water partition coefficient (Wildman–Crippen LogP) is 4.28. The minimum absolute atomic E-state index is 0.262. The number of benzene rings is 1. The van der Waals surface area contributed by atoms with Gasteiger partial charge in [-0.25, -0.2) is 0 Å². The molecule has 0 bridgehead atoms. The van der Waals surface area contributed by atoms with Gasteiger partial charge < -0.3 is 5.73 Å². The van der Waals surface area contributed by atoms with E-state index >= 15 is 0 Å². The summed E-state index contributed by atoms with van der Waals surface area (Å²) in [6.45, 7) is 0. The van der Waals surface area contributed by atoms with E-state index in [9.17, 15) is 0 Å². The highest BCUT2D eigenvalue weighted by Crippen LogP contribution is 2.28. The third kappa shape index (κ3) is 4.83. The van der Waals surface area contributed by atoms with Gasteiger partial charge in [0, 0.05) is 22.1 Å². The van der Waals surface area contributed by atoms with Crippen molar-refractivity contribution in [1.82, 2.24) is 0 Å². The van der Waals surface area contributed by atoms with Gasteiger partial charge in [0.15, 0.2) is 0 Å². The molecule has 1 unspecified atom stereocenters. The number of nitrogens with two attached hydrogens (primary N) is 1. The Morgan fingerprint density at radius 2 is 1.83 bits per heavy atom. The van der Waals surface area contributed by atoms with E-state index in [1.807, 2.05) is 12.1 Å². The first-order valence-corrected chi connectivity index (χ1v) is 8.28. The van der Waals surface area contributed by atoms with Gasteiger partial charge in [0.05, 0.1) is 0 Å². The molecule has 1 aromatic carbocycles. The molecular formula is C15H22ClNS. The summed E-state index contributed by atoms with van der Waals surface area (Å²) in [7, 11) is 0. The molecule has 1 aromatic rings. The van der Waals surface area contributed by atoms with Crippen molar-refractivity contribution in [2.24, 2.45) is 5.73 Å². The molecule has 1 saturated carbocycles.